The van der Waals surface area contributed by atoms with Gasteiger partial charge in [-0.05, 0) is 49.4 Å². The maximum atomic E-state index is 13.5. The van der Waals surface area contributed by atoms with Crippen LogP contribution in [0.25, 0.3) is 0 Å². The number of aromatic hydroxyl groups is 1. The summed E-state index contributed by atoms with van der Waals surface area (Å²) in [5, 5.41) is 13.9. The Hall–Kier alpha value is -3.56. The number of para-hydroxylation sites is 1. The highest BCUT2D eigenvalue weighted by Crippen LogP contribution is 2.34. The number of phenols is 1. The largest absolute Gasteiger partial charge is 0.507 e. The second-order valence-corrected chi connectivity index (χ2v) is 9.29. The minimum Gasteiger partial charge on any atom is -0.507 e. The number of benzene rings is 3. The normalized spacial score (nSPS) is 11.4. The highest BCUT2D eigenvalue weighted by Gasteiger charge is 2.29. The van der Waals surface area contributed by atoms with Gasteiger partial charge in [-0.25, -0.2) is 13.8 Å². The summed E-state index contributed by atoms with van der Waals surface area (Å²) in [7, 11) is -2.77. The number of rotatable bonds is 8. The quantitative estimate of drug-likeness (QED) is 0.372. The van der Waals surface area contributed by atoms with Crippen LogP contribution in [0.4, 0.5) is 5.69 Å². The molecule has 3 aromatic rings. The maximum absolute atomic E-state index is 13.5. The first kappa shape index (κ1) is 24.1. The van der Waals surface area contributed by atoms with Gasteiger partial charge in [0.25, 0.3) is 15.9 Å². The van der Waals surface area contributed by atoms with E-state index < -0.39 is 22.5 Å². The van der Waals surface area contributed by atoms with E-state index in [0.717, 1.165) is 9.87 Å². The average Bonchev–Trinajstić information content (AvgIpc) is 2.79. The fourth-order valence-electron chi connectivity index (χ4n) is 2.93. The number of hydrogen-bond donors (Lipinski definition) is 2. The van der Waals surface area contributed by atoms with Crippen LogP contribution in [0.1, 0.15) is 11.1 Å². The van der Waals surface area contributed by atoms with Crippen molar-refractivity contribution in [2.45, 2.75) is 11.8 Å². The number of anilines is 1. The summed E-state index contributed by atoms with van der Waals surface area (Å²) < 4.78 is 33.2. The number of carbonyl (C=O) groups excluding carboxylic acids is 1. The van der Waals surface area contributed by atoms with Gasteiger partial charge in [0, 0.05) is 10.6 Å². The minimum atomic E-state index is -4.16. The molecule has 0 atom stereocenters. The van der Waals surface area contributed by atoms with Crippen LogP contribution in [0.3, 0.4) is 0 Å². The van der Waals surface area contributed by atoms with Crippen LogP contribution < -0.4 is 14.5 Å². The summed E-state index contributed by atoms with van der Waals surface area (Å²) in [6.45, 7) is 1.25. The number of amides is 1. The van der Waals surface area contributed by atoms with E-state index in [1.54, 1.807) is 36.4 Å². The lowest BCUT2D eigenvalue weighted by atomic mass is 10.2. The summed E-state index contributed by atoms with van der Waals surface area (Å²) in [6.07, 6.45) is 1.26. The number of phenolic OH excluding ortho intramolecular Hbond substituents is 1. The molecule has 10 heteroatoms. The molecule has 1 amide bonds. The Balaban J connectivity index is 1.94. The predicted octanol–water partition coefficient (Wildman–Crippen LogP) is 3.71. The summed E-state index contributed by atoms with van der Waals surface area (Å²) >= 11 is 6.11. The van der Waals surface area contributed by atoms with Crippen molar-refractivity contribution in [3.05, 3.63) is 82.9 Å². The van der Waals surface area contributed by atoms with Gasteiger partial charge in [0.05, 0.1) is 23.9 Å². The smallest absolute Gasteiger partial charge is 0.264 e. The first-order valence-corrected chi connectivity index (χ1v) is 11.6. The van der Waals surface area contributed by atoms with Crippen LogP contribution in [0.15, 0.2) is 76.7 Å². The molecular formula is C23H22ClN3O5S. The molecule has 0 aromatic heterocycles. The van der Waals surface area contributed by atoms with E-state index in [1.807, 2.05) is 6.92 Å². The molecule has 33 heavy (non-hydrogen) atoms. The van der Waals surface area contributed by atoms with Gasteiger partial charge >= 0.3 is 0 Å². The molecule has 0 saturated heterocycles. The maximum Gasteiger partial charge on any atom is 0.264 e. The number of hydrazone groups is 1. The van der Waals surface area contributed by atoms with Crippen LogP contribution in [0.2, 0.25) is 5.02 Å². The zero-order valence-corrected chi connectivity index (χ0v) is 19.5. The number of ether oxygens (including phenoxy) is 1. The SMILES string of the molecule is COc1ccc(Cl)cc1N(CC(=O)N/N=C/c1ccccc1O)S(=O)(=O)c1ccc(C)cc1. The third kappa shape index (κ3) is 5.82. The Kier molecular flexibility index (Phi) is 7.57. The zero-order valence-electron chi connectivity index (χ0n) is 17.9. The number of carbonyl (C=O) groups is 1. The highest BCUT2D eigenvalue weighted by atomic mass is 35.5. The van der Waals surface area contributed by atoms with Gasteiger partial charge in [-0.1, -0.05) is 41.4 Å². The first-order valence-electron chi connectivity index (χ1n) is 9.75. The molecule has 2 N–H and O–H groups in total. The minimum absolute atomic E-state index is 0.000590. The molecule has 172 valence electrons. The Morgan fingerprint density at radius 3 is 2.52 bits per heavy atom. The summed E-state index contributed by atoms with van der Waals surface area (Å²) in [5.74, 6) is -0.497. The third-order valence-corrected chi connectivity index (χ3v) is 6.64. The standard InChI is InChI=1S/C23H22ClN3O5S/c1-16-7-10-19(11-8-16)33(30,31)27(20-13-18(24)9-12-22(20)32-2)15-23(29)26-25-14-17-5-3-4-6-21(17)28/h3-14,28H,15H2,1-2H3,(H,26,29)/b25-14+. The van der Waals surface area contributed by atoms with E-state index in [9.17, 15) is 18.3 Å². The van der Waals surface area contributed by atoms with Crippen LogP contribution >= 0.6 is 11.6 Å². The van der Waals surface area contributed by atoms with E-state index >= 15 is 0 Å². The van der Waals surface area contributed by atoms with Gasteiger partial charge in [-0.2, -0.15) is 5.10 Å². The molecule has 8 nitrogen and oxygen atoms in total. The molecule has 0 aliphatic heterocycles. The molecule has 0 bridgehead atoms. The number of methoxy groups -OCH3 is 1. The van der Waals surface area contributed by atoms with Gasteiger partial charge in [0.1, 0.15) is 18.0 Å². The lowest BCUT2D eigenvalue weighted by molar-refractivity contribution is -0.119. The fraction of sp³-hybridized carbons (Fsp3) is 0.130. The molecule has 0 heterocycles. The molecule has 0 radical (unpaired) electrons. The Morgan fingerprint density at radius 1 is 1.15 bits per heavy atom. The summed E-state index contributed by atoms with van der Waals surface area (Å²) in [6, 6.07) is 17.2. The van der Waals surface area contributed by atoms with Gasteiger partial charge in [0.2, 0.25) is 0 Å². The average molecular weight is 488 g/mol. The second-order valence-electron chi connectivity index (χ2n) is 6.99. The second kappa shape index (κ2) is 10.4. The zero-order chi connectivity index (χ0) is 24.0. The first-order chi connectivity index (χ1) is 15.7. The number of hydrogen-bond acceptors (Lipinski definition) is 6. The molecular weight excluding hydrogens is 466 g/mol. The Morgan fingerprint density at radius 2 is 1.85 bits per heavy atom. The topological polar surface area (TPSA) is 108 Å². The van der Waals surface area contributed by atoms with Crippen LogP contribution in [0.5, 0.6) is 11.5 Å². The van der Waals surface area contributed by atoms with Crippen molar-refractivity contribution < 1.29 is 23.1 Å². The number of nitrogens with one attached hydrogen (secondary N) is 1. The monoisotopic (exact) mass is 487 g/mol. The molecule has 0 saturated carbocycles. The molecule has 3 aromatic carbocycles. The molecule has 0 aliphatic rings. The van der Waals surface area contributed by atoms with Crippen molar-refractivity contribution in [2.24, 2.45) is 5.10 Å². The van der Waals surface area contributed by atoms with Gasteiger partial charge in [-0.15, -0.1) is 0 Å². The molecule has 0 unspecified atom stereocenters. The predicted molar refractivity (Wildman–Crippen MR) is 128 cm³/mol. The fourth-order valence-corrected chi connectivity index (χ4v) is 4.52. The van der Waals surface area contributed by atoms with E-state index in [2.05, 4.69) is 10.5 Å². The van der Waals surface area contributed by atoms with E-state index in [4.69, 9.17) is 16.3 Å². The Labute approximate surface area is 197 Å². The molecule has 0 aliphatic carbocycles. The Bertz CT molecular complexity index is 1280. The summed E-state index contributed by atoms with van der Waals surface area (Å²) in [5.41, 5.74) is 3.66. The lowest BCUT2D eigenvalue weighted by Gasteiger charge is -2.25. The summed E-state index contributed by atoms with van der Waals surface area (Å²) in [4.78, 5) is 12.7. The van der Waals surface area contributed by atoms with Crippen LogP contribution in [0, 0.1) is 6.92 Å². The van der Waals surface area contributed by atoms with E-state index in [0.29, 0.717) is 5.56 Å². The molecule has 0 spiro atoms. The molecule has 3 rings (SSSR count). The van der Waals surface area contributed by atoms with Crippen molar-refractivity contribution in [2.75, 3.05) is 18.0 Å². The van der Waals surface area contributed by atoms with Crippen molar-refractivity contribution in [1.82, 2.24) is 5.43 Å². The van der Waals surface area contributed by atoms with Gasteiger partial charge < -0.3 is 9.84 Å². The van der Waals surface area contributed by atoms with Crippen molar-refractivity contribution >= 4 is 39.4 Å². The highest BCUT2D eigenvalue weighted by molar-refractivity contribution is 7.92. The van der Waals surface area contributed by atoms with E-state index in [-0.39, 0.29) is 27.1 Å². The van der Waals surface area contributed by atoms with Gasteiger partial charge in [0.15, 0.2) is 0 Å². The van der Waals surface area contributed by atoms with Crippen molar-refractivity contribution in [1.29, 1.82) is 0 Å². The van der Waals surface area contributed by atoms with Gasteiger partial charge in [-0.3, -0.25) is 9.10 Å². The van der Waals surface area contributed by atoms with Crippen LogP contribution in [-0.4, -0.2) is 39.3 Å². The van der Waals surface area contributed by atoms with Crippen molar-refractivity contribution in [3.63, 3.8) is 0 Å². The lowest BCUT2D eigenvalue weighted by Crippen LogP contribution is -2.39. The van der Waals surface area contributed by atoms with Crippen molar-refractivity contribution in [3.8, 4) is 11.5 Å². The van der Waals surface area contributed by atoms with Crippen LogP contribution in [-0.2, 0) is 14.8 Å². The third-order valence-electron chi connectivity index (χ3n) is 4.64. The number of sulfonamides is 1. The van der Waals surface area contributed by atoms with E-state index in [1.165, 1.54) is 43.7 Å². The number of nitrogens with zero attached hydrogens (tertiary/aromatic N) is 2. The number of aryl methyl sites for hydroxylation is 1. The molecule has 0 fully saturated rings. The number of halogens is 1.